The van der Waals surface area contributed by atoms with E-state index in [2.05, 4.69) is 21.3 Å². The standard InChI is InChI=1S/C76H120N12O15/c1-18-19-33-88-44-63(92)81(12)57(38-46(2)3)67(93)77-55(72(98)87-34-26-21-27-35-87)43-62(91)86(17)66(49(8)9)70(96)78-56(45-103-37-28-36-89)71(97)84(15)60-40-50(10)54-32-25-24-31-53(54)42-59(83(14)73(60)99)69(95)79-64(48(6)7)75(101)85(16)61(41-52-29-22-20-23-30-52)74(100)82(13)58(39-47(4)5)68(94)80-65(51(11)90)76(88)102/h20,22-25,29-32,46-51,55-61,64-66,89-90H,18-19,21,26-28,33-45H2,1-17H3,(H,77,93)(H,78,96)(H,79,95)(H,80,94)/t50?,51-,55+,56?,57+,58+,59+,60+,61+,64+,65+,66+/m1/s1. The molecule has 3 heterocycles. The third-order valence-corrected chi connectivity index (χ3v) is 20.3. The Labute approximate surface area is 610 Å². The van der Waals surface area contributed by atoms with E-state index in [-0.39, 0.29) is 70.1 Å². The lowest BCUT2D eigenvalue weighted by Crippen LogP contribution is -2.63. The van der Waals surface area contributed by atoms with Gasteiger partial charge in [-0.05, 0) is 105 Å². The number of piperidine rings is 1. The van der Waals surface area contributed by atoms with Crippen LogP contribution in [-0.4, -0.2) is 275 Å². The molecule has 0 aromatic heterocycles. The number of amides is 12. The number of carbonyl (C=O) groups excluding carboxylic acids is 12. The van der Waals surface area contributed by atoms with Gasteiger partial charge < -0.3 is 75.4 Å². The number of hydrogen-bond acceptors (Lipinski definition) is 15. The van der Waals surface area contributed by atoms with Crippen molar-refractivity contribution in [3.8, 4) is 0 Å². The second kappa shape index (κ2) is 40.3. The summed E-state index contributed by atoms with van der Waals surface area (Å²) in [6.07, 6.45) is 1.14. The van der Waals surface area contributed by atoms with Crippen LogP contribution < -0.4 is 21.3 Å². The van der Waals surface area contributed by atoms with Gasteiger partial charge in [-0.25, -0.2) is 0 Å². The van der Waals surface area contributed by atoms with Crippen LogP contribution in [0.2, 0.25) is 0 Å². The molecule has 0 aliphatic carbocycles. The number of fused-ring (bicyclic) bond motifs is 4. The summed E-state index contributed by atoms with van der Waals surface area (Å²) in [6.45, 7) is 18.6. The molecule has 12 amide bonds. The average Bonchev–Trinajstić information content (AvgIpc) is 1.64. The summed E-state index contributed by atoms with van der Waals surface area (Å²) in [6, 6.07) is 2.44. The summed E-state index contributed by atoms with van der Waals surface area (Å²) in [7, 11) is 8.48. The number of nitrogens with zero attached hydrogens (tertiary/aromatic N) is 8. The van der Waals surface area contributed by atoms with Gasteiger partial charge in [-0.15, -0.1) is 0 Å². The Kier molecular flexibility index (Phi) is 33.5. The van der Waals surface area contributed by atoms with Crippen molar-refractivity contribution in [2.24, 2.45) is 23.7 Å². The summed E-state index contributed by atoms with van der Waals surface area (Å²) in [5, 5.41) is 32.6. The molecular formula is C76H120N12O15. The van der Waals surface area contributed by atoms with Crippen molar-refractivity contribution in [3.05, 3.63) is 71.3 Å². The Morgan fingerprint density at radius 1 is 0.563 bits per heavy atom. The van der Waals surface area contributed by atoms with Crippen LogP contribution in [0.25, 0.3) is 0 Å². The molecule has 103 heavy (non-hydrogen) atoms. The molecule has 0 spiro atoms. The van der Waals surface area contributed by atoms with Crippen LogP contribution in [0.15, 0.2) is 54.6 Å². The van der Waals surface area contributed by atoms with Crippen molar-refractivity contribution < 1.29 is 72.5 Å². The number of ether oxygens (including phenoxy) is 1. The normalized spacial score (nSPS) is 25.9. The Morgan fingerprint density at radius 3 is 1.72 bits per heavy atom. The SMILES string of the molecule is CCCCN1CC(=O)N(C)[C@@H](CC(C)C)C(=O)N[C@H](C(=O)N2CCCCC2)CC(=O)N(C)[C@@H](C(C)C)C(=O)NC(COCCCO)C(=O)N(C)[C@H]2CC(C)c3ccccc3C[C@@H](C(=O)N[C@@H](C(C)C)C(=O)N(C)[C@@H](Cc3ccccc3)C(=O)N(C)[C@@H](CC(C)C)C(=O)N[C@@H]([C@@H](C)O)C1=O)N(C)C2=O. The van der Waals surface area contributed by atoms with Crippen molar-refractivity contribution >= 4 is 70.9 Å². The number of carbonyl (C=O) groups is 12. The Morgan fingerprint density at radius 2 is 1.14 bits per heavy atom. The maximum atomic E-state index is 15.5. The van der Waals surface area contributed by atoms with Gasteiger partial charge in [0, 0.05) is 88.0 Å². The summed E-state index contributed by atoms with van der Waals surface area (Å²) in [4.78, 5) is 192. The molecule has 2 aromatic rings. The number of benzene rings is 2. The second-order valence-electron chi connectivity index (χ2n) is 30.0. The number of likely N-dealkylation sites (N-methyl/N-ethyl adjacent to an activating group) is 6. The third kappa shape index (κ3) is 23.2. The van der Waals surface area contributed by atoms with E-state index < -0.39 is 175 Å². The van der Waals surface area contributed by atoms with Crippen molar-refractivity contribution in [1.29, 1.82) is 0 Å². The van der Waals surface area contributed by atoms with E-state index in [1.807, 2.05) is 65.8 Å². The molecule has 27 nitrogen and oxygen atoms in total. The van der Waals surface area contributed by atoms with Gasteiger partial charge in [0.15, 0.2) is 0 Å². The highest BCUT2D eigenvalue weighted by Crippen LogP contribution is 2.32. The zero-order valence-corrected chi connectivity index (χ0v) is 64.1. The quantitative estimate of drug-likeness (QED) is 0.117. The highest BCUT2D eigenvalue weighted by atomic mass is 16.5. The summed E-state index contributed by atoms with van der Waals surface area (Å²) in [5.41, 5.74) is 2.14. The van der Waals surface area contributed by atoms with E-state index in [0.717, 1.165) is 16.9 Å². The molecule has 27 heteroatoms. The fourth-order valence-corrected chi connectivity index (χ4v) is 13.9. The van der Waals surface area contributed by atoms with Crippen LogP contribution in [0, 0.1) is 23.7 Å². The molecule has 574 valence electrons. The lowest BCUT2D eigenvalue weighted by atomic mass is 9.88. The van der Waals surface area contributed by atoms with E-state index in [4.69, 9.17) is 4.74 Å². The summed E-state index contributed by atoms with van der Waals surface area (Å²) < 4.78 is 5.92. The van der Waals surface area contributed by atoms with Crippen molar-refractivity contribution in [1.82, 2.24) is 60.5 Å². The van der Waals surface area contributed by atoms with E-state index in [1.54, 1.807) is 62.9 Å². The van der Waals surface area contributed by atoms with E-state index >= 15 is 43.2 Å². The second-order valence-corrected chi connectivity index (χ2v) is 30.0. The first-order valence-corrected chi connectivity index (χ1v) is 36.9. The Hall–Kier alpha value is -8.04. The fraction of sp³-hybridized carbons (Fsp3) is 0.684. The molecule has 12 atom stereocenters. The van der Waals surface area contributed by atoms with Gasteiger partial charge in [0.05, 0.1) is 25.7 Å². The van der Waals surface area contributed by atoms with Gasteiger partial charge in [-0.2, -0.15) is 0 Å². The maximum Gasteiger partial charge on any atom is 0.248 e. The van der Waals surface area contributed by atoms with Gasteiger partial charge in [0.25, 0.3) is 0 Å². The monoisotopic (exact) mass is 1440 g/mol. The van der Waals surface area contributed by atoms with E-state index in [1.165, 1.54) is 78.6 Å². The molecule has 3 aliphatic rings. The third-order valence-electron chi connectivity index (χ3n) is 20.3. The zero-order chi connectivity index (χ0) is 76.9. The molecule has 3 aliphatic heterocycles. The van der Waals surface area contributed by atoms with Crippen molar-refractivity contribution in [2.75, 3.05) is 88.3 Å². The number of aliphatic hydroxyl groups is 2. The van der Waals surface area contributed by atoms with E-state index in [0.29, 0.717) is 49.9 Å². The van der Waals surface area contributed by atoms with Crippen LogP contribution in [0.1, 0.15) is 163 Å². The molecule has 2 saturated heterocycles. The predicted molar refractivity (Wildman–Crippen MR) is 390 cm³/mol. The molecule has 6 N–H and O–H groups in total. The van der Waals surface area contributed by atoms with Crippen LogP contribution in [-0.2, 0) is 75.1 Å². The van der Waals surface area contributed by atoms with Gasteiger partial charge in [0.1, 0.15) is 60.4 Å². The number of aliphatic hydroxyl groups excluding tert-OH is 2. The molecule has 2 aromatic carbocycles. The van der Waals surface area contributed by atoms with Crippen molar-refractivity contribution in [2.45, 2.75) is 226 Å². The Balaban J connectivity index is 1.73. The zero-order valence-electron chi connectivity index (χ0n) is 64.1. The van der Waals surface area contributed by atoms with Crippen LogP contribution in [0.5, 0.6) is 0 Å². The van der Waals surface area contributed by atoms with Gasteiger partial charge in [0.2, 0.25) is 70.9 Å². The van der Waals surface area contributed by atoms with Gasteiger partial charge >= 0.3 is 0 Å². The smallest absolute Gasteiger partial charge is 0.248 e. The lowest BCUT2D eigenvalue weighted by molar-refractivity contribution is -0.152. The largest absolute Gasteiger partial charge is 0.396 e. The van der Waals surface area contributed by atoms with E-state index in [9.17, 15) is 24.6 Å². The van der Waals surface area contributed by atoms with Crippen molar-refractivity contribution in [3.63, 3.8) is 0 Å². The molecular weight excluding hydrogens is 1320 g/mol. The first-order valence-electron chi connectivity index (χ1n) is 36.9. The Bertz CT molecular complexity index is 3220. The minimum Gasteiger partial charge on any atom is -0.396 e. The molecule has 2 fully saturated rings. The molecule has 2 unspecified atom stereocenters. The topological polar surface area (TPSA) is 329 Å². The maximum absolute atomic E-state index is 15.5. The number of nitrogens with one attached hydrogen (secondary N) is 4. The molecule has 2 bridgehead atoms. The van der Waals surface area contributed by atoms with Gasteiger partial charge in [-0.1, -0.05) is 130 Å². The first kappa shape index (κ1) is 85.6. The highest BCUT2D eigenvalue weighted by Gasteiger charge is 2.46. The fourth-order valence-electron chi connectivity index (χ4n) is 13.9. The highest BCUT2D eigenvalue weighted by molar-refractivity contribution is 6.00. The summed E-state index contributed by atoms with van der Waals surface area (Å²) in [5.74, 6) is -10.9. The summed E-state index contributed by atoms with van der Waals surface area (Å²) >= 11 is 0. The first-order chi connectivity index (χ1) is 48.6. The van der Waals surface area contributed by atoms with Gasteiger partial charge in [-0.3, -0.25) is 57.5 Å². The van der Waals surface area contributed by atoms with Crippen LogP contribution in [0.3, 0.4) is 0 Å². The predicted octanol–water partition coefficient (Wildman–Crippen LogP) is 3.11. The van der Waals surface area contributed by atoms with Crippen LogP contribution in [0.4, 0.5) is 0 Å². The molecule has 0 saturated carbocycles. The number of likely N-dealkylation sites (tertiary alicyclic amines) is 1. The molecule has 5 rings (SSSR count). The minimum atomic E-state index is -1.67. The molecule has 0 radical (unpaired) electrons. The number of unbranched alkanes of at least 4 members (excludes halogenated alkanes) is 1. The lowest BCUT2D eigenvalue weighted by Gasteiger charge is -2.38. The van der Waals surface area contributed by atoms with Crippen LogP contribution >= 0.6 is 0 Å². The number of rotatable bonds is 18. The number of hydrogen-bond donors (Lipinski definition) is 6. The average molecular weight is 1440 g/mol. The minimum absolute atomic E-state index is 0.0186.